The van der Waals surface area contributed by atoms with Gasteiger partial charge in [0.15, 0.2) is 5.78 Å². The third-order valence-corrected chi connectivity index (χ3v) is 2.33. The van der Waals surface area contributed by atoms with E-state index in [0.717, 1.165) is 11.3 Å². The van der Waals surface area contributed by atoms with Crippen molar-refractivity contribution in [3.63, 3.8) is 0 Å². The maximum absolute atomic E-state index is 11.4. The van der Waals surface area contributed by atoms with E-state index in [1.807, 2.05) is 12.1 Å². The van der Waals surface area contributed by atoms with Crippen molar-refractivity contribution in [2.75, 3.05) is 7.11 Å². The Balaban J connectivity index is 3.18. The zero-order valence-electron chi connectivity index (χ0n) is 9.41. The molecule has 0 spiro atoms. The van der Waals surface area contributed by atoms with Gasteiger partial charge < -0.3 is 4.74 Å². The molecule has 0 bridgehead atoms. The summed E-state index contributed by atoms with van der Waals surface area (Å²) >= 11 is 0. The van der Waals surface area contributed by atoms with Crippen LogP contribution < -0.4 is 4.74 Å². The first kappa shape index (κ1) is 11.5. The van der Waals surface area contributed by atoms with E-state index in [1.165, 1.54) is 6.08 Å². The second-order valence-corrected chi connectivity index (χ2v) is 3.68. The number of hydrogen-bond donors (Lipinski definition) is 0. The van der Waals surface area contributed by atoms with Gasteiger partial charge in [0.2, 0.25) is 0 Å². The first-order chi connectivity index (χ1) is 7.10. The third kappa shape index (κ3) is 2.46. The first-order valence-corrected chi connectivity index (χ1v) is 4.94. The average molecular weight is 204 g/mol. The zero-order chi connectivity index (χ0) is 11.4. The lowest BCUT2D eigenvalue weighted by Crippen LogP contribution is -1.99. The van der Waals surface area contributed by atoms with Gasteiger partial charge in [0.25, 0.3) is 0 Å². The Morgan fingerprint density at radius 2 is 2.13 bits per heavy atom. The van der Waals surface area contributed by atoms with Crippen molar-refractivity contribution in [1.82, 2.24) is 0 Å². The molecule has 0 unspecified atom stereocenters. The van der Waals surface area contributed by atoms with Crippen LogP contribution in [0.3, 0.4) is 0 Å². The SMILES string of the molecule is C=CC(=O)c1ccc(C(C)C)c(OC)c1. The molecule has 0 heterocycles. The Labute approximate surface area is 90.6 Å². The Morgan fingerprint density at radius 3 is 2.60 bits per heavy atom. The quantitative estimate of drug-likeness (QED) is 0.556. The molecule has 1 rings (SSSR count). The van der Waals surface area contributed by atoms with Gasteiger partial charge >= 0.3 is 0 Å². The summed E-state index contributed by atoms with van der Waals surface area (Å²) in [6.45, 7) is 7.64. The predicted molar refractivity (Wildman–Crippen MR) is 61.6 cm³/mol. The van der Waals surface area contributed by atoms with Gasteiger partial charge in [-0.25, -0.2) is 0 Å². The van der Waals surface area contributed by atoms with Gasteiger partial charge in [-0.1, -0.05) is 32.6 Å². The Hall–Kier alpha value is -1.57. The molecule has 2 nitrogen and oxygen atoms in total. The van der Waals surface area contributed by atoms with Crippen LogP contribution in [0.15, 0.2) is 30.9 Å². The topological polar surface area (TPSA) is 26.3 Å². The van der Waals surface area contributed by atoms with E-state index < -0.39 is 0 Å². The van der Waals surface area contributed by atoms with Crippen molar-refractivity contribution >= 4 is 5.78 Å². The van der Waals surface area contributed by atoms with E-state index >= 15 is 0 Å². The molecule has 0 aromatic heterocycles. The van der Waals surface area contributed by atoms with Crippen LogP contribution in [0.4, 0.5) is 0 Å². The summed E-state index contributed by atoms with van der Waals surface area (Å²) in [5.74, 6) is 1.06. The summed E-state index contributed by atoms with van der Waals surface area (Å²) in [4.78, 5) is 11.4. The summed E-state index contributed by atoms with van der Waals surface area (Å²) in [5, 5.41) is 0. The van der Waals surface area contributed by atoms with Crippen LogP contribution in [0.1, 0.15) is 35.7 Å². The lowest BCUT2D eigenvalue weighted by atomic mass is 9.99. The maximum Gasteiger partial charge on any atom is 0.185 e. The summed E-state index contributed by atoms with van der Waals surface area (Å²) in [6.07, 6.45) is 1.31. The third-order valence-electron chi connectivity index (χ3n) is 2.33. The molecule has 0 saturated heterocycles. The number of carbonyl (C=O) groups is 1. The lowest BCUT2D eigenvalue weighted by Gasteiger charge is -2.12. The second-order valence-electron chi connectivity index (χ2n) is 3.68. The van der Waals surface area contributed by atoms with Gasteiger partial charge in [-0.3, -0.25) is 4.79 Å². The molecule has 1 aromatic carbocycles. The predicted octanol–water partition coefficient (Wildman–Crippen LogP) is 3.19. The van der Waals surface area contributed by atoms with E-state index in [-0.39, 0.29) is 5.78 Å². The highest BCUT2D eigenvalue weighted by atomic mass is 16.5. The van der Waals surface area contributed by atoms with E-state index in [1.54, 1.807) is 13.2 Å². The Kier molecular flexibility index (Phi) is 3.67. The van der Waals surface area contributed by atoms with Crippen LogP contribution in [-0.4, -0.2) is 12.9 Å². The van der Waals surface area contributed by atoms with Crippen LogP contribution in [-0.2, 0) is 0 Å². The molecule has 15 heavy (non-hydrogen) atoms. The number of ketones is 1. The Morgan fingerprint density at radius 1 is 1.47 bits per heavy atom. The summed E-state index contributed by atoms with van der Waals surface area (Å²) < 4.78 is 5.26. The van der Waals surface area contributed by atoms with E-state index in [4.69, 9.17) is 4.74 Å². The molecule has 0 aliphatic rings. The molecule has 2 heteroatoms. The van der Waals surface area contributed by atoms with Crippen LogP contribution in [0, 0.1) is 0 Å². The number of carbonyl (C=O) groups excluding carboxylic acids is 1. The number of methoxy groups -OCH3 is 1. The zero-order valence-corrected chi connectivity index (χ0v) is 9.41. The minimum atomic E-state index is -0.0800. The van der Waals surface area contributed by atoms with Crippen molar-refractivity contribution in [2.24, 2.45) is 0 Å². The number of benzene rings is 1. The highest BCUT2D eigenvalue weighted by Gasteiger charge is 2.10. The number of ether oxygens (including phenoxy) is 1. The van der Waals surface area contributed by atoms with Gasteiger partial charge in [-0.2, -0.15) is 0 Å². The van der Waals surface area contributed by atoms with Gasteiger partial charge in [-0.15, -0.1) is 0 Å². The largest absolute Gasteiger partial charge is 0.496 e. The molecule has 0 atom stereocenters. The van der Waals surface area contributed by atoms with Crippen molar-refractivity contribution < 1.29 is 9.53 Å². The van der Waals surface area contributed by atoms with E-state index in [0.29, 0.717) is 11.5 Å². The molecule has 1 aromatic rings. The van der Waals surface area contributed by atoms with Gasteiger partial charge in [0.05, 0.1) is 7.11 Å². The van der Waals surface area contributed by atoms with Crippen LogP contribution in [0.2, 0.25) is 0 Å². The van der Waals surface area contributed by atoms with Gasteiger partial charge in [-0.05, 0) is 23.6 Å². The highest BCUT2D eigenvalue weighted by molar-refractivity contribution is 6.04. The van der Waals surface area contributed by atoms with E-state index in [2.05, 4.69) is 20.4 Å². The minimum absolute atomic E-state index is 0.0800. The van der Waals surface area contributed by atoms with Crippen molar-refractivity contribution in [3.05, 3.63) is 42.0 Å². The first-order valence-electron chi connectivity index (χ1n) is 4.94. The van der Waals surface area contributed by atoms with Crippen molar-refractivity contribution in [3.8, 4) is 5.75 Å². The molecule has 0 fully saturated rings. The van der Waals surface area contributed by atoms with Crippen molar-refractivity contribution in [2.45, 2.75) is 19.8 Å². The van der Waals surface area contributed by atoms with Crippen LogP contribution in [0.5, 0.6) is 5.75 Å². The molecule has 0 radical (unpaired) electrons. The van der Waals surface area contributed by atoms with E-state index in [9.17, 15) is 4.79 Å². The fraction of sp³-hybridized carbons (Fsp3) is 0.308. The standard InChI is InChI=1S/C13H16O2/c1-5-12(14)10-6-7-11(9(2)3)13(8-10)15-4/h5-9H,1H2,2-4H3. The molecule has 80 valence electrons. The van der Waals surface area contributed by atoms with Crippen LogP contribution in [0.25, 0.3) is 0 Å². The Bertz CT molecular complexity index is 378. The molecule has 0 aliphatic carbocycles. The lowest BCUT2D eigenvalue weighted by molar-refractivity contribution is 0.104. The van der Waals surface area contributed by atoms with Crippen LogP contribution >= 0.6 is 0 Å². The molecular formula is C13H16O2. The summed E-state index contributed by atoms with van der Waals surface area (Å²) in [5.41, 5.74) is 1.73. The molecule has 0 amide bonds. The highest BCUT2D eigenvalue weighted by Crippen LogP contribution is 2.27. The monoisotopic (exact) mass is 204 g/mol. The number of rotatable bonds is 4. The van der Waals surface area contributed by atoms with Gasteiger partial charge in [0, 0.05) is 5.56 Å². The fourth-order valence-electron chi connectivity index (χ4n) is 1.46. The smallest absolute Gasteiger partial charge is 0.185 e. The number of allylic oxidation sites excluding steroid dienone is 1. The molecule has 0 saturated carbocycles. The average Bonchev–Trinajstić information content (AvgIpc) is 2.26. The number of hydrogen-bond acceptors (Lipinski definition) is 2. The van der Waals surface area contributed by atoms with Gasteiger partial charge in [0.1, 0.15) is 5.75 Å². The second kappa shape index (κ2) is 4.78. The summed E-state index contributed by atoms with van der Waals surface area (Å²) in [6, 6.07) is 5.50. The van der Waals surface area contributed by atoms with Crippen molar-refractivity contribution in [1.29, 1.82) is 0 Å². The molecule has 0 aliphatic heterocycles. The minimum Gasteiger partial charge on any atom is -0.496 e. The normalized spacial score (nSPS) is 10.1. The molecule has 0 N–H and O–H groups in total. The molecular weight excluding hydrogens is 188 g/mol. The maximum atomic E-state index is 11.4. The summed E-state index contributed by atoms with van der Waals surface area (Å²) in [7, 11) is 1.61. The fourth-order valence-corrected chi connectivity index (χ4v) is 1.46.